The number of nitrogens with two attached hydrogens (primary N) is 1. The van der Waals surface area contributed by atoms with E-state index in [0.717, 1.165) is 11.1 Å². The molecular weight excluding hydrogens is 203 g/mol. The van der Waals surface area contributed by atoms with Crippen LogP contribution in [-0.2, 0) is 6.42 Å². The summed E-state index contributed by atoms with van der Waals surface area (Å²) >= 11 is 0. The van der Waals surface area contributed by atoms with Crippen molar-refractivity contribution < 1.29 is 4.39 Å². The molecule has 0 bridgehead atoms. The van der Waals surface area contributed by atoms with Gasteiger partial charge in [-0.05, 0) is 30.2 Å². The fourth-order valence-electron chi connectivity index (χ4n) is 1.63. The van der Waals surface area contributed by atoms with Crippen molar-refractivity contribution in [2.75, 3.05) is 5.73 Å². The number of nitrogen functional groups attached to an aromatic ring is 1. The van der Waals surface area contributed by atoms with Gasteiger partial charge in [0.15, 0.2) is 0 Å². The van der Waals surface area contributed by atoms with Crippen molar-refractivity contribution in [1.82, 2.24) is 4.98 Å². The van der Waals surface area contributed by atoms with Crippen LogP contribution in [0.25, 0.3) is 0 Å². The third-order valence-electron chi connectivity index (χ3n) is 2.52. The van der Waals surface area contributed by atoms with Gasteiger partial charge in [0.05, 0.1) is 0 Å². The highest BCUT2D eigenvalue weighted by Crippen LogP contribution is 2.18. The molecule has 0 fully saturated rings. The van der Waals surface area contributed by atoms with Gasteiger partial charge < -0.3 is 5.73 Å². The van der Waals surface area contributed by atoms with Crippen molar-refractivity contribution in [2.45, 2.75) is 13.3 Å². The van der Waals surface area contributed by atoms with E-state index in [9.17, 15) is 4.39 Å². The van der Waals surface area contributed by atoms with Crippen molar-refractivity contribution in [3.8, 4) is 0 Å². The average molecular weight is 216 g/mol. The van der Waals surface area contributed by atoms with Crippen LogP contribution in [0.15, 0.2) is 36.7 Å². The molecule has 0 amide bonds. The molecular formula is C13H13FN2. The number of aromatic nitrogens is 1. The highest BCUT2D eigenvalue weighted by atomic mass is 19.1. The summed E-state index contributed by atoms with van der Waals surface area (Å²) in [6.45, 7) is 1.94. The molecule has 0 unspecified atom stereocenters. The van der Waals surface area contributed by atoms with E-state index in [4.69, 9.17) is 5.73 Å². The van der Waals surface area contributed by atoms with Crippen LogP contribution in [0, 0.1) is 12.7 Å². The van der Waals surface area contributed by atoms with Crippen molar-refractivity contribution in [2.24, 2.45) is 0 Å². The molecule has 1 aromatic carbocycles. The molecule has 0 atom stereocenters. The third-order valence-corrected chi connectivity index (χ3v) is 2.52. The number of aryl methyl sites for hydroxylation is 1. The largest absolute Gasteiger partial charge is 0.398 e. The van der Waals surface area contributed by atoms with Crippen LogP contribution in [-0.4, -0.2) is 4.98 Å². The molecule has 3 heteroatoms. The zero-order valence-corrected chi connectivity index (χ0v) is 9.07. The number of rotatable bonds is 2. The van der Waals surface area contributed by atoms with E-state index in [0.29, 0.717) is 17.7 Å². The first-order chi connectivity index (χ1) is 7.66. The second-order valence-corrected chi connectivity index (χ2v) is 3.85. The quantitative estimate of drug-likeness (QED) is 0.838. The Bertz CT molecular complexity index is 509. The lowest BCUT2D eigenvalue weighted by Gasteiger charge is -2.06. The number of nitrogens with zero attached hydrogens (tertiary/aromatic N) is 1. The van der Waals surface area contributed by atoms with Gasteiger partial charge >= 0.3 is 0 Å². The summed E-state index contributed by atoms with van der Waals surface area (Å²) in [6.07, 6.45) is 3.79. The average Bonchev–Trinajstić information content (AvgIpc) is 2.27. The van der Waals surface area contributed by atoms with Gasteiger partial charge in [-0.15, -0.1) is 0 Å². The second kappa shape index (κ2) is 4.31. The Morgan fingerprint density at radius 2 is 2.06 bits per heavy atom. The van der Waals surface area contributed by atoms with Crippen LogP contribution in [0.2, 0.25) is 0 Å². The lowest BCUT2D eigenvalue weighted by Crippen LogP contribution is -1.98. The van der Waals surface area contributed by atoms with Crippen LogP contribution in [0.1, 0.15) is 16.7 Å². The van der Waals surface area contributed by atoms with Crippen LogP contribution in [0.4, 0.5) is 10.1 Å². The van der Waals surface area contributed by atoms with Crippen molar-refractivity contribution in [3.63, 3.8) is 0 Å². The van der Waals surface area contributed by atoms with Crippen molar-refractivity contribution in [1.29, 1.82) is 0 Å². The minimum absolute atomic E-state index is 0.200. The molecule has 2 N–H and O–H groups in total. The molecule has 0 spiro atoms. The molecule has 1 heterocycles. The summed E-state index contributed by atoms with van der Waals surface area (Å²) in [6, 6.07) is 6.80. The monoisotopic (exact) mass is 216 g/mol. The minimum atomic E-state index is -0.200. The standard InChI is InChI=1S/C13H13FN2/c1-9-2-3-12(14)10(6-9)7-11-8-16-5-4-13(11)15/h2-6,8H,7H2,1H3,(H2,15,16). The van der Waals surface area contributed by atoms with E-state index in [2.05, 4.69) is 4.98 Å². The van der Waals surface area contributed by atoms with Crippen molar-refractivity contribution in [3.05, 3.63) is 59.2 Å². The Kier molecular flexibility index (Phi) is 2.86. The number of hydrogen-bond acceptors (Lipinski definition) is 2. The van der Waals surface area contributed by atoms with Gasteiger partial charge in [-0.2, -0.15) is 0 Å². The third kappa shape index (κ3) is 2.19. The zero-order chi connectivity index (χ0) is 11.5. The SMILES string of the molecule is Cc1ccc(F)c(Cc2cnccc2N)c1. The predicted octanol–water partition coefficient (Wildman–Crippen LogP) is 2.70. The molecule has 0 saturated heterocycles. The Balaban J connectivity index is 2.34. The first kappa shape index (κ1) is 10.6. The van der Waals surface area contributed by atoms with Crippen LogP contribution < -0.4 is 5.73 Å². The predicted molar refractivity (Wildman–Crippen MR) is 62.6 cm³/mol. The molecule has 0 aliphatic heterocycles. The summed E-state index contributed by atoms with van der Waals surface area (Å²) in [7, 11) is 0. The lowest BCUT2D eigenvalue weighted by atomic mass is 10.0. The van der Waals surface area contributed by atoms with E-state index in [1.54, 1.807) is 24.5 Å². The fraction of sp³-hybridized carbons (Fsp3) is 0.154. The summed E-state index contributed by atoms with van der Waals surface area (Å²) in [5.74, 6) is -0.200. The lowest BCUT2D eigenvalue weighted by molar-refractivity contribution is 0.613. The van der Waals surface area contributed by atoms with Gasteiger partial charge in [0.25, 0.3) is 0 Å². The van der Waals surface area contributed by atoms with Gasteiger partial charge in [-0.1, -0.05) is 17.7 Å². The summed E-state index contributed by atoms with van der Waals surface area (Å²) in [5, 5.41) is 0. The number of hydrogen-bond donors (Lipinski definition) is 1. The fourth-order valence-corrected chi connectivity index (χ4v) is 1.63. The summed E-state index contributed by atoms with van der Waals surface area (Å²) in [4.78, 5) is 3.99. The zero-order valence-electron chi connectivity index (χ0n) is 9.07. The van der Waals surface area contributed by atoms with E-state index in [1.165, 1.54) is 6.07 Å². The van der Waals surface area contributed by atoms with Gasteiger partial charge in [0, 0.05) is 24.5 Å². The smallest absolute Gasteiger partial charge is 0.126 e. The highest BCUT2D eigenvalue weighted by molar-refractivity contribution is 5.47. The maximum absolute atomic E-state index is 13.5. The Labute approximate surface area is 93.9 Å². The Hall–Kier alpha value is -1.90. The molecule has 82 valence electrons. The summed E-state index contributed by atoms with van der Waals surface area (Å²) < 4.78 is 13.5. The van der Waals surface area contributed by atoms with Gasteiger partial charge in [0.2, 0.25) is 0 Å². The first-order valence-corrected chi connectivity index (χ1v) is 5.10. The number of anilines is 1. The number of benzene rings is 1. The molecule has 16 heavy (non-hydrogen) atoms. The van der Waals surface area contributed by atoms with Gasteiger partial charge in [-0.25, -0.2) is 4.39 Å². The number of halogens is 1. The van der Waals surface area contributed by atoms with E-state index in [1.807, 2.05) is 13.0 Å². The van der Waals surface area contributed by atoms with E-state index >= 15 is 0 Å². The molecule has 0 aliphatic rings. The summed E-state index contributed by atoms with van der Waals surface area (Å²) in [5.41, 5.74) is 8.99. The van der Waals surface area contributed by atoms with Crippen molar-refractivity contribution >= 4 is 5.69 Å². The molecule has 0 aliphatic carbocycles. The van der Waals surface area contributed by atoms with Gasteiger partial charge in [-0.3, -0.25) is 4.98 Å². The van der Waals surface area contributed by atoms with Crippen LogP contribution >= 0.6 is 0 Å². The second-order valence-electron chi connectivity index (χ2n) is 3.85. The number of pyridine rings is 1. The van der Waals surface area contributed by atoms with E-state index < -0.39 is 0 Å². The molecule has 2 rings (SSSR count). The Morgan fingerprint density at radius 1 is 1.25 bits per heavy atom. The van der Waals surface area contributed by atoms with Gasteiger partial charge in [0.1, 0.15) is 5.82 Å². The maximum Gasteiger partial charge on any atom is 0.126 e. The van der Waals surface area contributed by atoms with Crippen LogP contribution in [0.3, 0.4) is 0 Å². The molecule has 0 radical (unpaired) electrons. The molecule has 0 saturated carbocycles. The van der Waals surface area contributed by atoms with Crippen LogP contribution in [0.5, 0.6) is 0 Å². The van der Waals surface area contributed by atoms with E-state index in [-0.39, 0.29) is 5.82 Å². The normalized spacial score (nSPS) is 10.4. The molecule has 2 aromatic rings. The molecule has 1 aromatic heterocycles. The Morgan fingerprint density at radius 3 is 2.81 bits per heavy atom. The highest BCUT2D eigenvalue weighted by Gasteiger charge is 2.05. The molecule has 2 nitrogen and oxygen atoms in total. The minimum Gasteiger partial charge on any atom is -0.398 e. The first-order valence-electron chi connectivity index (χ1n) is 5.10. The maximum atomic E-state index is 13.5. The topological polar surface area (TPSA) is 38.9 Å².